The smallest absolute Gasteiger partial charge is 0.0733 e. The van der Waals surface area contributed by atoms with E-state index in [4.69, 9.17) is 0 Å². The molecular weight excluding hydrogens is 430 g/mol. The summed E-state index contributed by atoms with van der Waals surface area (Å²) in [5.41, 5.74) is 11.3. The normalized spacial score (nSPS) is 12.6. The van der Waals surface area contributed by atoms with Crippen LogP contribution in [0, 0.1) is 13.8 Å². The van der Waals surface area contributed by atoms with Crippen LogP contribution in [0.2, 0.25) is 0 Å². The molecule has 0 spiro atoms. The lowest BCUT2D eigenvalue weighted by Gasteiger charge is -2.34. The molecule has 0 saturated carbocycles. The van der Waals surface area contributed by atoms with Gasteiger partial charge in [0.25, 0.3) is 0 Å². The molecule has 168 valence electrons. The summed E-state index contributed by atoms with van der Waals surface area (Å²) in [5, 5.41) is 5.32. The first-order valence-corrected chi connectivity index (χ1v) is 12.9. The van der Waals surface area contributed by atoms with Gasteiger partial charge in [0.15, 0.2) is 0 Å². The van der Waals surface area contributed by atoms with Crippen molar-refractivity contribution in [2.24, 2.45) is 0 Å². The number of hydrogen-bond donors (Lipinski definition) is 0. The molecule has 0 nitrogen and oxygen atoms in total. The lowest BCUT2D eigenvalue weighted by Crippen LogP contribution is -2.75. The molecule has 1 heterocycles. The van der Waals surface area contributed by atoms with Gasteiger partial charge in [-0.2, -0.15) is 0 Å². The van der Waals surface area contributed by atoms with Crippen LogP contribution in [0.5, 0.6) is 0 Å². The zero-order valence-electron chi connectivity index (χ0n) is 20.7. The van der Waals surface area contributed by atoms with E-state index in [9.17, 15) is 0 Å². The van der Waals surface area contributed by atoms with Crippen molar-refractivity contribution in [3.63, 3.8) is 0 Å². The maximum atomic E-state index is 2.37. The van der Waals surface area contributed by atoms with E-state index in [1.165, 1.54) is 65.4 Å². The Balaban J connectivity index is 1.58. The molecule has 7 rings (SSSR count). The third kappa shape index (κ3) is 3.11. The average Bonchev–Trinajstić information content (AvgIpc) is 2.93. The van der Waals surface area contributed by atoms with Crippen molar-refractivity contribution in [2.75, 3.05) is 0 Å². The first-order valence-electron chi connectivity index (χ1n) is 12.9. The van der Waals surface area contributed by atoms with Crippen LogP contribution in [0.4, 0.5) is 0 Å². The molecule has 0 fully saturated rings. The van der Waals surface area contributed by atoms with Gasteiger partial charge in [-0.15, -0.1) is 0 Å². The SMILES string of the molecule is Cc1ccc2ccccc2c1B1c2ccccc2B(c2c(C)ccc3ccccc23)c2ccccc21. The molecule has 1 aliphatic heterocycles. The van der Waals surface area contributed by atoms with Crippen LogP contribution < -0.4 is 32.8 Å². The molecule has 0 aromatic heterocycles. The van der Waals surface area contributed by atoms with E-state index in [1.807, 2.05) is 0 Å². The first-order chi connectivity index (χ1) is 17.7. The fourth-order valence-electron chi connectivity index (χ4n) is 6.61. The summed E-state index contributed by atoms with van der Waals surface area (Å²) in [6, 6.07) is 45.1. The summed E-state index contributed by atoms with van der Waals surface area (Å²) in [4.78, 5) is 0. The Kier molecular flexibility index (Phi) is 4.89. The summed E-state index contributed by atoms with van der Waals surface area (Å²) in [5.74, 6) is 0. The number of benzene rings is 6. The average molecular weight is 456 g/mol. The Morgan fingerprint density at radius 3 is 1.08 bits per heavy atom. The van der Waals surface area contributed by atoms with Crippen LogP contribution in [-0.4, -0.2) is 13.4 Å². The molecule has 36 heavy (non-hydrogen) atoms. The maximum absolute atomic E-state index is 2.37. The Morgan fingerprint density at radius 2 is 0.694 bits per heavy atom. The number of fused-ring (bicyclic) bond motifs is 4. The maximum Gasteiger partial charge on any atom is 0.241 e. The Labute approximate surface area is 213 Å². The van der Waals surface area contributed by atoms with Crippen LogP contribution in [-0.2, 0) is 0 Å². The van der Waals surface area contributed by atoms with Gasteiger partial charge in [0.2, 0.25) is 13.4 Å². The van der Waals surface area contributed by atoms with E-state index in [0.29, 0.717) is 0 Å². The van der Waals surface area contributed by atoms with E-state index in [0.717, 1.165) is 0 Å². The molecule has 0 aliphatic carbocycles. The van der Waals surface area contributed by atoms with Crippen molar-refractivity contribution in [2.45, 2.75) is 13.8 Å². The van der Waals surface area contributed by atoms with Gasteiger partial charge in [-0.25, -0.2) is 0 Å². The Hall–Kier alpha value is -4.03. The van der Waals surface area contributed by atoms with Crippen LogP contribution >= 0.6 is 0 Å². The van der Waals surface area contributed by atoms with Crippen LogP contribution in [0.1, 0.15) is 11.1 Å². The highest BCUT2D eigenvalue weighted by atomic mass is 14.2. The molecule has 0 atom stereocenters. The van der Waals surface area contributed by atoms with Crippen LogP contribution in [0.25, 0.3) is 21.5 Å². The van der Waals surface area contributed by atoms with Gasteiger partial charge in [-0.1, -0.05) is 165 Å². The monoisotopic (exact) mass is 456 g/mol. The Morgan fingerprint density at radius 1 is 0.361 bits per heavy atom. The largest absolute Gasteiger partial charge is 0.241 e. The molecular formula is C34H26B2. The van der Waals surface area contributed by atoms with Gasteiger partial charge in [-0.05, 0) is 35.4 Å². The summed E-state index contributed by atoms with van der Waals surface area (Å²) in [6.45, 7) is 4.95. The van der Waals surface area contributed by atoms with Gasteiger partial charge in [0.1, 0.15) is 0 Å². The highest BCUT2D eigenvalue weighted by Gasteiger charge is 2.40. The van der Waals surface area contributed by atoms with Crippen molar-refractivity contribution in [3.05, 3.63) is 132 Å². The zero-order valence-corrected chi connectivity index (χ0v) is 20.7. The van der Waals surface area contributed by atoms with Gasteiger partial charge in [0.05, 0.1) is 0 Å². The molecule has 0 unspecified atom stereocenters. The summed E-state index contributed by atoms with van der Waals surface area (Å²) < 4.78 is 0. The van der Waals surface area contributed by atoms with Crippen molar-refractivity contribution >= 4 is 67.7 Å². The van der Waals surface area contributed by atoms with Crippen molar-refractivity contribution < 1.29 is 0 Å². The predicted octanol–water partition coefficient (Wildman–Crippen LogP) is 3.96. The van der Waals surface area contributed by atoms with E-state index >= 15 is 0 Å². The molecule has 0 N–H and O–H groups in total. The van der Waals surface area contributed by atoms with Gasteiger partial charge in [-0.3, -0.25) is 0 Å². The molecule has 1 aliphatic rings. The number of hydrogen-bond acceptors (Lipinski definition) is 0. The molecule has 2 heteroatoms. The van der Waals surface area contributed by atoms with Gasteiger partial charge >= 0.3 is 0 Å². The minimum Gasteiger partial charge on any atom is -0.0733 e. The topological polar surface area (TPSA) is 0 Å². The third-order valence-corrected chi connectivity index (χ3v) is 8.19. The zero-order chi connectivity index (χ0) is 24.2. The fraction of sp³-hybridized carbons (Fsp3) is 0.0588. The summed E-state index contributed by atoms with van der Waals surface area (Å²) in [6.07, 6.45) is 0. The minimum atomic E-state index is 0.204. The van der Waals surface area contributed by atoms with Crippen molar-refractivity contribution in [3.8, 4) is 0 Å². The summed E-state index contributed by atoms with van der Waals surface area (Å²) >= 11 is 0. The molecule has 0 amide bonds. The van der Waals surface area contributed by atoms with E-state index < -0.39 is 0 Å². The molecule has 6 aromatic rings. The Bertz CT molecular complexity index is 1600. The lowest BCUT2D eigenvalue weighted by molar-refractivity contribution is 1.53. The molecule has 6 aromatic carbocycles. The molecule has 0 saturated heterocycles. The number of aryl methyl sites for hydroxylation is 2. The third-order valence-electron chi connectivity index (χ3n) is 8.19. The highest BCUT2D eigenvalue weighted by Crippen LogP contribution is 2.18. The quantitative estimate of drug-likeness (QED) is 0.346. The van der Waals surface area contributed by atoms with Crippen LogP contribution in [0.15, 0.2) is 121 Å². The second-order valence-corrected chi connectivity index (χ2v) is 10.2. The second kappa shape index (κ2) is 8.28. The highest BCUT2D eigenvalue weighted by molar-refractivity contribution is 7.12. The van der Waals surface area contributed by atoms with E-state index in [2.05, 4.69) is 135 Å². The molecule has 0 radical (unpaired) electrons. The van der Waals surface area contributed by atoms with E-state index in [-0.39, 0.29) is 13.4 Å². The van der Waals surface area contributed by atoms with Gasteiger partial charge in [0, 0.05) is 0 Å². The summed E-state index contributed by atoms with van der Waals surface area (Å²) in [7, 11) is 0. The molecule has 0 bridgehead atoms. The lowest BCUT2D eigenvalue weighted by atomic mass is 9.20. The standard InChI is InChI=1S/C34H26B2/c1-23-19-21-25-11-3-5-13-27(25)33(23)35-29-15-7-9-17-31(29)36(32-18-10-8-16-30(32)35)34-24(2)20-22-26-12-4-6-14-28(26)34/h3-22H,1-2H3. The van der Waals surface area contributed by atoms with Crippen molar-refractivity contribution in [1.29, 1.82) is 0 Å². The predicted molar refractivity (Wildman–Crippen MR) is 160 cm³/mol. The second-order valence-electron chi connectivity index (χ2n) is 10.2. The van der Waals surface area contributed by atoms with Crippen molar-refractivity contribution in [1.82, 2.24) is 0 Å². The van der Waals surface area contributed by atoms with E-state index in [1.54, 1.807) is 0 Å². The minimum absolute atomic E-state index is 0.204. The van der Waals surface area contributed by atoms with Crippen LogP contribution in [0.3, 0.4) is 0 Å². The number of rotatable bonds is 2. The van der Waals surface area contributed by atoms with Gasteiger partial charge < -0.3 is 0 Å². The fourth-order valence-corrected chi connectivity index (χ4v) is 6.61. The first kappa shape index (κ1) is 21.3.